The Morgan fingerprint density at radius 2 is 2.00 bits per heavy atom. The zero-order valence-corrected chi connectivity index (χ0v) is 19.6. The van der Waals surface area contributed by atoms with E-state index < -0.39 is 0 Å². The third-order valence-corrected chi connectivity index (χ3v) is 6.34. The topological polar surface area (TPSA) is 17.1 Å². The first kappa shape index (κ1) is 20.6. The first-order chi connectivity index (χ1) is 9.15. The monoisotopic (exact) mass is 625 g/mol. The minimum absolute atomic E-state index is 0. The molecule has 1 aromatic heterocycles. The summed E-state index contributed by atoms with van der Waals surface area (Å²) in [5.41, 5.74) is 2.70. The third-order valence-electron chi connectivity index (χ3n) is 2.68. The summed E-state index contributed by atoms with van der Waals surface area (Å²) >= 11 is 1.68. The maximum atomic E-state index is 10.8. The SMILES string of the molecule is CCCc1cc([C-]=O)sc1C1=C(C)[I-]C(C)=C1.[CH2-]C.[U+2]. The molecule has 0 aliphatic carbocycles. The summed E-state index contributed by atoms with van der Waals surface area (Å²) in [4.78, 5) is 12.8. The molecule has 108 valence electrons. The van der Waals surface area contributed by atoms with Crippen molar-refractivity contribution in [1.29, 1.82) is 0 Å². The molecule has 2 heterocycles. The molecule has 0 saturated carbocycles. The maximum Gasteiger partial charge on any atom is 2.00 e. The van der Waals surface area contributed by atoms with Crippen LogP contribution in [0, 0.1) is 38.0 Å². The van der Waals surface area contributed by atoms with E-state index in [-0.39, 0.29) is 52.3 Å². The van der Waals surface area contributed by atoms with Crippen LogP contribution in [0.4, 0.5) is 0 Å². The van der Waals surface area contributed by atoms with Crippen LogP contribution in [0.2, 0.25) is 0 Å². The summed E-state index contributed by atoms with van der Waals surface area (Å²) in [5.74, 6) is 0. The van der Waals surface area contributed by atoms with Crippen molar-refractivity contribution in [3.05, 3.63) is 41.5 Å². The van der Waals surface area contributed by atoms with Crippen LogP contribution < -0.4 is 21.2 Å². The van der Waals surface area contributed by atoms with Gasteiger partial charge < -0.3 is 6.92 Å². The molecule has 1 aliphatic rings. The second-order valence-electron chi connectivity index (χ2n) is 4.09. The molecule has 1 aliphatic heterocycles. The van der Waals surface area contributed by atoms with Crippen LogP contribution in [0.15, 0.2) is 19.3 Å². The fourth-order valence-corrected chi connectivity index (χ4v) is 5.70. The molecule has 0 radical (unpaired) electrons. The number of carbonyl (C=O) groups excluding carboxylic acids is 1. The van der Waals surface area contributed by atoms with Gasteiger partial charge in [-0.05, 0) is 0 Å². The van der Waals surface area contributed by atoms with Gasteiger partial charge in [0.1, 0.15) is 0 Å². The van der Waals surface area contributed by atoms with Crippen molar-refractivity contribution in [1.82, 2.24) is 0 Å². The van der Waals surface area contributed by atoms with Crippen LogP contribution >= 0.6 is 11.3 Å². The predicted octanol–water partition coefficient (Wildman–Crippen LogP) is 1.74. The van der Waals surface area contributed by atoms with E-state index in [0.717, 1.165) is 17.7 Å². The molecule has 0 atom stereocenters. The zero-order valence-electron chi connectivity index (χ0n) is 12.5. The summed E-state index contributed by atoms with van der Waals surface area (Å²) in [7, 11) is 0. The normalized spacial score (nSPS) is 13.8. The van der Waals surface area contributed by atoms with E-state index >= 15 is 0 Å². The molecule has 0 amide bonds. The van der Waals surface area contributed by atoms with Gasteiger partial charge in [0.15, 0.2) is 0 Å². The van der Waals surface area contributed by atoms with E-state index in [1.165, 1.54) is 23.2 Å². The number of hydrogen-bond donors (Lipinski definition) is 0. The Kier molecular flexibility index (Phi) is 10.7. The van der Waals surface area contributed by atoms with Crippen LogP contribution in [0.1, 0.15) is 49.4 Å². The molecule has 20 heavy (non-hydrogen) atoms. The zero-order chi connectivity index (χ0) is 14.4. The smallest absolute Gasteiger partial charge is 0.346 e. The molecule has 2 rings (SSSR count). The van der Waals surface area contributed by atoms with Crippen molar-refractivity contribution < 1.29 is 57.1 Å². The van der Waals surface area contributed by atoms with Gasteiger partial charge in [-0.3, -0.25) is 0 Å². The molecule has 0 N–H and O–H groups in total. The standard InChI is InChI=1S/C14H15IOS.C2H5.U/c1-4-5-11-7-12(8-16)17-14(11)13-6-9(2)15-10(13)3;1-2;/h6-7H,4-5H2,1-3H3;1H2,2H3;/q-2;-1;+2. The summed E-state index contributed by atoms with van der Waals surface area (Å²) in [6.07, 6.45) is 6.51. The van der Waals surface area contributed by atoms with Gasteiger partial charge in [-0.1, -0.05) is 0 Å². The number of allylic oxidation sites excluding steroid dienone is 4. The fourth-order valence-electron chi connectivity index (χ4n) is 1.98. The molecule has 0 spiro atoms. The van der Waals surface area contributed by atoms with Crippen LogP contribution in [0.25, 0.3) is 5.57 Å². The van der Waals surface area contributed by atoms with Crippen LogP contribution in [-0.2, 0) is 11.2 Å². The summed E-state index contributed by atoms with van der Waals surface area (Å²) in [6.45, 7) is 11.6. The third kappa shape index (κ3) is 5.12. The minimum atomic E-state index is 0. The fraction of sp³-hybridized carbons (Fsp3) is 0.375. The van der Waals surface area contributed by atoms with Gasteiger partial charge in [0.2, 0.25) is 0 Å². The van der Waals surface area contributed by atoms with Gasteiger partial charge in [-0.2, -0.15) is 6.92 Å². The van der Waals surface area contributed by atoms with Crippen LogP contribution in [0.3, 0.4) is 0 Å². The Morgan fingerprint density at radius 3 is 2.45 bits per heavy atom. The minimum Gasteiger partial charge on any atom is -0.346 e. The predicted molar refractivity (Wildman–Crippen MR) is 80.5 cm³/mol. The molecule has 1 nitrogen and oxygen atoms in total. The molecule has 0 aromatic carbocycles. The number of halogens is 1. The first-order valence-corrected chi connectivity index (χ1v) is 9.39. The Labute approximate surface area is 160 Å². The van der Waals surface area contributed by atoms with Crippen LogP contribution in [0.5, 0.6) is 0 Å². The van der Waals surface area contributed by atoms with Crippen molar-refractivity contribution in [3.8, 4) is 0 Å². The molecule has 0 unspecified atom stereocenters. The average molecular weight is 625 g/mol. The van der Waals surface area contributed by atoms with E-state index in [1.807, 2.05) is 12.4 Å². The second-order valence-corrected chi connectivity index (χ2v) is 9.00. The van der Waals surface area contributed by atoms with E-state index in [4.69, 9.17) is 0 Å². The summed E-state index contributed by atoms with van der Waals surface area (Å²) in [5, 5.41) is 0. The Hall–Kier alpha value is 0.632. The first-order valence-electron chi connectivity index (χ1n) is 6.41. The Balaban J connectivity index is 0.00000115. The van der Waals surface area contributed by atoms with Crippen molar-refractivity contribution in [2.24, 2.45) is 0 Å². The Bertz CT molecular complexity index is 515. The molecular weight excluding hydrogens is 605 g/mol. The molecular formula is C16H20IOSU-. The molecule has 0 bridgehead atoms. The Morgan fingerprint density at radius 1 is 1.35 bits per heavy atom. The van der Waals surface area contributed by atoms with E-state index in [0.29, 0.717) is 0 Å². The second kappa shape index (κ2) is 10.4. The largest absolute Gasteiger partial charge is 2.00 e. The average Bonchev–Trinajstić information content (AvgIpc) is 2.95. The van der Waals surface area contributed by atoms with Gasteiger partial charge in [0.25, 0.3) is 0 Å². The number of hydrogen-bond acceptors (Lipinski definition) is 2. The maximum absolute atomic E-state index is 10.8. The van der Waals surface area contributed by atoms with Crippen LogP contribution in [-0.4, -0.2) is 6.29 Å². The van der Waals surface area contributed by atoms with Gasteiger partial charge in [0, 0.05) is 0 Å². The van der Waals surface area contributed by atoms with Crippen molar-refractivity contribution in [2.45, 2.75) is 40.5 Å². The molecule has 0 saturated heterocycles. The molecule has 4 heteroatoms. The van der Waals surface area contributed by atoms with E-state index in [9.17, 15) is 4.79 Å². The summed E-state index contributed by atoms with van der Waals surface area (Å²) in [6, 6.07) is 2.01. The van der Waals surface area contributed by atoms with Crippen molar-refractivity contribution in [2.75, 3.05) is 0 Å². The van der Waals surface area contributed by atoms with Gasteiger partial charge in [-0.15, -0.1) is 0 Å². The van der Waals surface area contributed by atoms with Gasteiger partial charge >= 0.3 is 149 Å². The number of rotatable bonds is 4. The van der Waals surface area contributed by atoms with E-state index in [2.05, 4.69) is 33.8 Å². The molecule has 0 fully saturated rings. The van der Waals surface area contributed by atoms with E-state index in [1.54, 1.807) is 18.3 Å². The quantitative estimate of drug-likeness (QED) is 0.369. The molecule has 1 aromatic rings. The van der Waals surface area contributed by atoms with Gasteiger partial charge in [-0.25, -0.2) is 0 Å². The number of thiophene rings is 1. The summed E-state index contributed by atoms with van der Waals surface area (Å²) < 4.78 is 3.04. The number of aryl methyl sites for hydroxylation is 1. The van der Waals surface area contributed by atoms with Crippen molar-refractivity contribution >= 4 is 23.2 Å². The van der Waals surface area contributed by atoms with Gasteiger partial charge in [0.05, 0.1) is 0 Å². The van der Waals surface area contributed by atoms with Crippen molar-refractivity contribution in [3.63, 3.8) is 0 Å².